The summed E-state index contributed by atoms with van der Waals surface area (Å²) in [7, 11) is -1.81. The summed E-state index contributed by atoms with van der Waals surface area (Å²) < 4.78 is 42.7. The third-order valence-electron chi connectivity index (χ3n) is 2.87. The van der Waals surface area contributed by atoms with Crippen molar-refractivity contribution in [3.63, 3.8) is 0 Å². The summed E-state index contributed by atoms with van der Waals surface area (Å²) in [6.07, 6.45) is 2.49. The van der Waals surface area contributed by atoms with E-state index in [2.05, 4.69) is 4.72 Å². The molecule has 0 fully saturated rings. The smallest absolute Gasteiger partial charge is 0.170 e. The van der Waals surface area contributed by atoms with Crippen LogP contribution in [0.15, 0.2) is 34.3 Å². The molecule has 1 atom stereocenters. The van der Waals surface area contributed by atoms with E-state index in [0.717, 1.165) is 18.6 Å². The van der Waals surface area contributed by atoms with Crippen molar-refractivity contribution >= 4 is 16.8 Å². The van der Waals surface area contributed by atoms with Crippen molar-refractivity contribution < 1.29 is 17.8 Å². The topological polar surface area (TPSA) is 46.2 Å². The molecule has 1 aliphatic carbocycles. The Labute approximate surface area is 126 Å². The fourth-order valence-corrected chi connectivity index (χ4v) is 2.71. The summed E-state index contributed by atoms with van der Waals surface area (Å²) in [6, 6.07) is 0. The van der Waals surface area contributed by atoms with Crippen molar-refractivity contribution in [3.8, 4) is 0 Å². The molecule has 0 aliphatic heterocycles. The molecule has 0 bridgehead atoms. The van der Waals surface area contributed by atoms with Gasteiger partial charge < -0.3 is 0 Å². The van der Waals surface area contributed by atoms with Crippen molar-refractivity contribution in [2.24, 2.45) is 5.41 Å². The molecule has 0 aromatic rings. The van der Waals surface area contributed by atoms with Crippen molar-refractivity contribution in [1.29, 1.82) is 0 Å². The van der Waals surface area contributed by atoms with E-state index in [0.29, 0.717) is 6.54 Å². The third-order valence-corrected chi connectivity index (χ3v) is 4.05. The maximum atomic E-state index is 14.0. The Bertz CT molecular complexity index is 542. The van der Waals surface area contributed by atoms with E-state index in [-0.39, 0.29) is 16.9 Å². The minimum absolute atomic E-state index is 0.191. The zero-order valence-corrected chi connectivity index (χ0v) is 13.6. The Hall–Kier alpha value is -1.14. The van der Waals surface area contributed by atoms with E-state index in [4.69, 9.17) is 0 Å². The molecule has 0 spiro atoms. The number of Topliss-reactive ketones (excluding diaryl/α,β-unsaturated/α-hetero) is 1. The predicted octanol–water partition coefficient (Wildman–Crippen LogP) is 3.63. The fourth-order valence-electron chi connectivity index (χ4n) is 1.68. The average Bonchev–Trinajstić information content (AvgIpc) is 2.54. The van der Waals surface area contributed by atoms with Crippen molar-refractivity contribution in [2.45, 2.75) is 40.5 Å². The number of hydrogen-bond acceptors (Lipinski definition) is 2. The van der Waals surface area contributed by atoms with Crippen LogP contribution in [-0.4, -0.2) is 16.5 Å². The lowest BCUT2D eigenvalue weighted by Crippen LogP contribution is -2.23. The molecule has 0 heterocycles. The number of hydrogen-bond donors (Lipinski definition) is 1. The van der Waals surface area contributed by atoms with E-state index in [1.165, 1.54) is 0 Å². The molecule has 21 heavy (non-hydrogen) atoms. The molecular formula is C15H21F2NO2S. The first kappa shape index (κ1) is 17.9. The second-order valence-electron chi connectivity index (χ2n) is 5.83. The second kappa shape index (κ2) is 7.22. The molecule has 1 aliphatic rings. The number of allylic oxidation sites excluding steroid dienone is 5. The number of halogens is 2. The number of ketones is 1. The zero-order valence-electron chi connectivity index (χ0n) is 12.8. The van der Waals surface area contributed by atoms with E-state index >= 15 is 0 Å². The van der Waals surface area contributed by atoms with Crippen molar-refractivity contribution in [2.75, 3.05) is 6.54 Å². The summed E-state index contributed by atoms with van der Waals surface area (Å²) >= 11 is 0. The first-order chi connectivity index (χ1) is 9.68. The Morgan fingerprint density at radius 2 is 2.00 bits per heavy atom. The van der Waals surface area contributed by atoms with E-state index in [1.54, 1.807) is 20.8 Å². The van der Waals surface area contributed by atoms with Gasteiger partial charge in [-0.1, -0.05) is 27.7 Å². The maximum Gasteiger partial charge on any atom is 0.170 e. The van der Waals surface area contributed by atoms with Gasteiger partial charge in [0.15, 0.2) is 5.78 Å². The van der Waals surface area contributed by atoms with Gasteiger partial charge in [0.25, 0.3) is 0 Å². The molecule has 0 saturated heterocycles. The molecule has 0 aromatic carbocycles. The summed E-state index contributed by atoms with van der Waals surface area (Å²) in [5.41, 5.74) is -0.999. The highest BCUT2D eigenvalue weighted by molar-refractivity contribution is 7.87. The van der Waals surface area contributed by atoms with Crippen molar-refractivity contribution in [1.82, 2.24) is 4.72 Å². The van der Waals surface area contributed by atoms with Crippen LogP contribution in [0.5, 0.6) is 0 Å². The van der Waals surface area contributed by atoms with Gasteiger partial charge in [0.1, 0.15) is 22.6 Å². The Kier molecular flexibility index (Phi) is 6.16. The fraction of sp³-hybridized carbons (Fsp3) is 0.533. The molecule has 1 N–H and O–H groups in total. The van der Waals surface area contributed by atoms with Gasteiger partial charge in [-0.15, -0.1) is 0 Å². The molecule has 0 amide bonds. The monoisotopic (exact) mass is 317 g/mol. The zero-order chi connectivity index (χ0) is 16.2. The van der Waals surface area contributed by atoms with Crippen LogP contribution in [0.3, 0.4) is 0 Å². The van der Waals surface area contributed by atoms with Gasteiger partial charge in [-0.05, 0) is 18.6 Å². The first-order valence-corrected chi connectivity index (χ1v) is 8.00. The Morgan fingerprint density at radius 1 is 1.38 bits per heavy atom. The van der Waals surface area contributed by atoms with Crippen molar-refractivity contribution in [3.05, 3.63) is 34.3 Å². The molecule has 6 heteroatoms. The van der Waals surface area contributed by atoms with Gasteiger partial charge in [0, 0.05) is 18.4 Å². The average molecular weight is 317 g/mol. The van der Waals surface area contributed by atoms with Crippen LogP contribution in [0.4, 0.5) is 8.78 Å². The van der Waals surface area contributed by atoms with Crippen LogP contribution < -0.4 is 4.72 Å². The molecule has 0 radical (unpaired) electrons. The summed E-state index contributed by atoms with van der Waals surface area (Å²) in [5, 5.41) is 0. The van der Waals surface area contributed by atoms with Gasteiger partial charge in [-0.3, -0.25) is 4.79 Å². The molecule has 0 aromatic heterocycles. The molecule has 1 rings (SSSR count). The molecule has 0 saturated carbocycles. The van der Waals surface area contributed by atoms with Gasteiger partial charge in [-0.25, -0.2) is 17.7 Å². The lowest BCUT2D eigenvalue weighted by Gasteiger charge is -2.18. The summed E-state index contributed by atoms with van der Waals surface area (Å²) in [5.74, 6) is -1.90. The number of nitrogens with one attached hydrogen (secondary N) is 1. The normalized spacial score (nSPS) is 18.0. The van der Waals surface area contributed by atoms with Crippen LogP contribution in [0.1, 0.15) is 40.5 Å². The minimum atomic E-state index is -1.81. The molecule has 118 valence electrons. The van der Waals surface area contributed by atoms with E-state index in [9.17, 15) is 17.8 Å². The van der Waals surface area contributed by atoms with Crippen LogP contribution in [0, 0.1) is 5.41 Å². The van der Waals surface area contributed by atoms with Gasteiger partial charge in [0.05, 0.1) is 10.5 Å². The van der Waals surface area contributed by atoms with Crippen LogP contribution >= 0.6 is 0 Å². The van der Waals surface area contributed by atoms with Crippen LogP contribution in [-0.2, 0) is 15.8 Å². The summed E-state index contributed by atoms with van der Waals surface area (Å²) in [4.78, 5) is 12.1. The second-order valence-corrected chi connectivity index (χ2v) is 7.09. The van der Waals surface area contributed by atoms with E-state index in [1.807, 2.05) is 6.92 Å². The van der Waals surface area contributed by atoms with Gasteiger partial charge in [0.2, 0.25) is 0 Å². The maximum absolute atomic E-state index is 14.0. The number of rotatable bonds is 5. The lowest BCUT2D eigenvalue weighted by molar-refractivity contribution is -0.122. The summed E-state index contributed by atoms with van der Waals surface area (Å²) in [6.45, 7) is 7.29. The molecule has 3 nitrogen and oxygen atoms in total. The number of carbonyl (C=O) groups is 1. The quantitative estimate of drug-likeness (QED) is 0.841. The van der Waals surface area contributed by atoms with Crippen LogP contribution in [0.2, 0.25) is 0 Å². The molecule has 1 unspecified atom stereocenters. The standard InChI is InChI=1S/C15H21F2NO2S/c1-5-8-18-21(20)13-9-10(14(19)15(2,3)4)11(16)6-7-12(13)17/h7,9,18H,5-6,8H2,1-4H3. The highest BCUT2D eigenvalue weighted by Gasteiger charge is 2.29. The highest BCUT2D eigenvalue weighted by Crippen LogP contribution is 2.31. The van der Waals surface area contributed by atoms with Crippen LogP contribution in [0.25, 0.3) is 0 Å². The Balaban J connectivity index is 3.22. The first-order valence-electron chi connectivity index (χ1n) is 6.85. The SMILES string of the molecule is CCCNS(=O)C1=CC(C(=O)C(C)(C)C)=C(F)CC=C1F. The predicted molar refractivity (Wildman–Crippen MR) is 80.9 cm³/mol. The number of carbonyl (C=O) groups excluding carboxylic acids is 1. The van der Waals surface area contributed by atoms with E-state index < -0.39 is 33.8 Å². The largest absolute Gasteiger partial charge is 0.293 e. The van der Waals surface area contributed by atoms with Gasteiger partial charge >= 0.3 is 0 Å². The molecular weight excluding hydrogens is 296 g/mol. The highest BCUT2D eigenvalue weighted by atomic mass is 32.2. The Morgan fingerprint density at radius 3 is 2.52 bits per heavy atom. The lowest BCUT2D eigenvalue weighted by atomic mass is 9.85. The third kappa shape index (κ3) is 4.68. The van der Waals surface area contributed by atoms with Gasteiger partial charge in [-0.2, -0.15) is 0 Å². The minimum Gasteiger partial charge on any atom is -0.293 e.